The third-order valence-corrected chi connectivity index (χ3v) is 6.43. The molecule has 1 saturated heterocycles. The number of nitrogens with zero attached hydrogens (tertiary/aromatic N) is 2. The van der Waals surface area contributed by atoms with E-state index < -0.39 is 0 Å². The first kappa shape index (κ1) is 22.3. The molecule has 180 valence electrons. The first-order valence-electron chi connectivity index (χ1n) is 11.6. The van der Waals surface area contributed by atoms with E-state index in [9.17, 15) is 9.59 Å². The lowest BCUT2D eigenvalue weighted by Crippen LogP contribution is -2.47. The number of fused-ring (bicyclic) bond motifs is 2. The zero-order chi connectivity index (χ0) is 23.5. The molecule has 1 atom stereocenters. The number of ether oxygens (including phenoxy) is 4. The minimum absolute atomic E-state index is 0.00307. The van der Waals surface area contributed by atoms with Crippen molar-refractivity contribution in [3.8, 4) is 23.0 Å². The average molecular weight is 468 g/mol. The summed E-state index contributed by atoms with van der Waals surface area (Å²) < 4.78 is 22.4. The van der Waals surface area contributed by atoms with Gasteiger partial charge < -0.3 is 29.2 Å². The van der Waals surface area contributed by atoms with Crippen molar-refractivity contribution in [1.82, 2.24) is 9.80 Å². The number of rotatable bonds is 6. The van der Waals surface area contributed by atoms with Crippen LogP contribution in [0, 0.1) is 5.92 Å². The quantitative estimate of drug-likeness (QED) is 0.698. The molecular formula is C25H29N3O6. The van der Waals surface area contributed by atoms with E-state index in [1.165, 1.54) is 0 Å². The number of carbonyl (C=O) groups is 2. The summed E-state index contributed by atoms with van der Waals surface area (Å²) in [5.74, 6) is 2.72. The first-order chi connectivity index (χ1) is 16.5. The molecule has 2 amide bonds. The number of para-hydroxylation sites is 2. The van der Waals surface area contributed by atoms with Gasteiger partial charge in [0, 0.05) is 24.7 Å². The van der Waals surface area contributed by atoms with Gasteiger partial charge in [-0.15, -0.1) is 0 Å². The molecule has 34 heavy (non-hydrogen) atoms. The van der Waals surface area contributed by atoms with E-state index in [-0.39, 0.29) is 30.6 Å². The fourth-order valence-corrected chi connectivity index (χ4v) is 4.44. The van der Waals surface area contributed by atoms with Crippen molar-refractivity contribution in [3.63, 3.8) is 0 Å². The number of amides is 2. The summed E-state index contributed by atoms with van der Waals surface area (Å²) in [7, 11) is 1.79. The maximum absolute atomic E-state index is 12.8. The fourth-order valence-electron chi connectivity index (χ4n) is 4.44. The van der Waals surface area contributed by atoms with Crippen molar-refractivity contribution < 1.29 is 28.5 Å². The number of hydrogen-bond donors (Lipinski definition) is 1. The van der Waals surface area contributed by atoms with Crippen molar-refractivity contribution in [2.45, 2.75) is 18.9 Å². The minimum atomic E-state index is -0.200. The number of likely N-dealkylation sites (tertiary alicyclic amines) is 1. The monoisotopic (exact) mass is 467 g/mol. The van der Waals surface area contributed by atoms with Crippen LogP contribution in [0.25, 0.3) is 0 Å². The lowest BCUT2D eigenvalue weighted by atomic mass is 9.95. The number of carbonyl (C=O) groups excluding carboxylic acids is 2. The molecule has 9 heteroatoms. The Morgan fingerprint density at radius 2 is 1.74 bits per heavy atom. The van der Waals surface area contributed by atoms with E-state index in [4.69, 9.17) is 18.9 Å². The Morgan fingerprint density at radius 1 is 1.00 bits per heavy atom. The number of likely N-dealkylation sites (N-methyl/N-ethyl adjacent to an activating group) is 1. The minimum Gasteiger partial charge on any atom is -0.486 e. The van der Waals surface area contributed by atoms with Gasteiger partial charge in [0.2, 0.25) is 18.6 Å². The molecule has 3 aliphatic rings. The van der Waals surface area contributed by atoms with E-state index in [2.05, 4.69) is 10.2 Å². The van der Waals surface area contributed by atoms with Crippen molar-refractivity contribution in [2.24, 2.45) is 5.92 Å². The van der Waals surface area contributed by atoms with Crippen LogP contribution < -0.4 is 24.3 Å². The summed E-state index contributed by atoms with van der Waals surface area (Å²) >= 11 is 0. The summed E-state index contributed by atoms with van der Waals surface area (Å²) in [6.07, 6.45) is 1.22. The van der Waals surface area contributed by atoms with Gasteiger partial charge in [0.15, 0.2) is 29.1 Å². The molecule has 2 aromatic carbocycles. The summed E-state index contributed by atoms with van der Waals surface area (Å²) in [6, 6.07) is 12.9. The Kier molecular flexibility index (Phi) is 6.44. The van der Waals surface area contributed by atoms with E-state index in [0.29, 0.717) is 68.6 Å². The van der Waals surface area contributed by atoms with Crippen LogP contribution in [0.2, 0.25) is 0 Å². The third-order valence-electron chi connectivity index (χ3n) is 6.43. The number of piperidine rings is 1. The van der Waals surface area contributed by atoms with Crippen LogP contribution in [0.1, 0.15) is 12.8 Å². The Bertz CT molecular complexity index is 1050. The molecule has 3 heterocycles. The summed E-state index contributed by atoms with van der Waals surface area (Å²) in [6.45, 7) is 2.82. The number of nitrogens with one attached hydrogen (secondary N) is 1. The molecule has 1 unspecified atom stereocenters. The van der Waals surface area contributed by atoms with Gasteiger partial charge in [-0.2, -0.15) is 0 Å². The summed E-state index contributed by atoms with van der Waals surface area (Å²) in [5.41, 5.74) is 0.699. The molecule has 1 fully saturated rings. The molecule has 9 nitrogen and oxygen atoms in total. The standard InChI is InChI=1S/C25H29N3O6/c1-27(13-19-15-31-20-4-2-3-5-22(20)34-19)24(29)14-28-10-8-17(9-11-28)25(30)26-18-6-7-21-23(12-18)33-16-32-21/h2-7,12,17,19H,8-11,13-16H2,1H3,(H,26,30). The summed E-state index contributed by atoms with van der Waals surface area (Å²) in [4.78, 5) is 29.3. The highest BCUT2D eigenvalue weighted by atomic mass is 16.7. The molecule has 3 aliphatic heterocycles. The molecule has 0 bridgehead atoms. The van der Waals surface area contributed by atoms with Crippen LogP contribution >= 0.6 is 0 Å². The maximum Gasteiger partial charge on any atom is 0.236 e. The van der Waals surface area contributed by atoms with E-state index >= 15 is 0 Å². The third kappa shape index (κ3) is 5.04. The second kappa shape index (κ2) is 9.80. The van der Waals surface area contributed by atoms with Crippen LogP contribution in [0.3, 0.4) is 0 Å². The van der Waals surface area contributed by atoms with Crippen molar-refractivity contribution in [3.05, 3.63) is 42.5 Å². The van der Waals surface area contributed by atoms with Crippen molar-refractivity contribution >= 4 is 17.5 Å². The molecule has 0 saturated carbocycles. The topological polar surface area (TPSA) is 89.6 Å². The maximum atomic E-state index is 12.8. The highest BCUT2D eigenvalue weighted by Crippen LogP contribution is 2.34. The highest BCUT2D eigenvalue weighted by Gasteiger charge is 2.28. The smallest absolute Gasteiger partial charge is 0.236 e. The molecule has 5 rings (SSSR count). The van der Waals surface area contributed by atoms with Crippen LogP contribution in [-0.2, 0) is 9.59 Å². The molecule has 0 aliphatic carbocycles. The van der Waals surface area contributed by atoms with Gasteiger partial charge in [0.25, 0.3) is 0 Å². The van der Waals surface area contributed by atoms with Gasteiger partial charge in [0.1, 0.15) is 6.61 Å². The van der Waals surface area contributed by atoms with Crippen molar-refractivity contribution in [1.29, 1.82) is 0 Å². The van der Waals surface area contributed by atoms with Gasteiger partial charge >= 0.3 is 0 Å². The van der Waals surface area contributed by atoms with Crippen LogP contribution in [0.15, 0.2) is 42.5 Å². The molecule has 0 spiro atoms. The Balaban J connectivity index is 1.05. The van der Waals surface area contributed by atoms with Crippen LogP contribution in [0.4, 0.5) is 5.69 Å². The van der Waals surface area contributed by atoms with Crippen LogP contribution in [-0.4, -0.2) is 74.3 Å². The molecule has 2 aromatic rings. The van der Waals surface area contributed by atoms with Gasteiger partial charge in [-0.1, -0.05) is 12.1 Å². The lowest BCUT2D eigenvalue weighted by Gasteiger charge is -2.33. The zero-order valence-electron chi connectivity index (χ0n) is 19.2. The second-order valence-corrected chi connectivity index (χ2v) is 8.88. The van der Waals surface area contributed by atoms with Gasteiger partial charge in [-0.05, 0) is 50.2 Å². The van der Waals surface area contributed by atoms with Gasteiger partial charge in [-0.3, -0.25) is 14.5 Å². The van der Waals surface area contributed by atoms with E-state index in [1.807, 2.05) is 30.3 Å². The fraction of sp³-hybridized carbons (Fsp3) is 0.440. The molecule has 0 radical (unpaired) electrons. The van der Waals surface area contributed by atoms with E-state index in [1.54, 1.807) is 24.1 Å². The highest BCUT2D eigenvalue weighted by molar-refractivity contribution is 5.93. The molecule has 1 N–H and O–H groups in total. The van der Waals surface area contributed by atoms with E-state index in [0.717, 1.165) is 5.75 Å². The van der Waals surface area contributed by atoms with Crippen molar-refractivity contribution in [2.75, 3.05) is 51.9 Å². The van der Waals surface area contributed by atoms with Gasteiger partial charge in [-0.25, -0.2) is 0 Å². The largest absolute Gasteiger partial charge is 0.486 e. The second-order valence-electron chi connectivity index (χ2n) is 8.88. The molecular weight excluding hydrogens is 438 g/mol. The predicted octanol–water partition coefficient (Wildman–Crippen LogP) is 2.36. The number of hydrogen-bond acceptors (Lipinski definition) is 7. The number of benzene rings is 2. The number of anilines is 1. The van der Waals surface area contributed by atoms with Gasteiger partial charge in [0.05, 0.1) is 13.1 Å². The Morgan fingerprint density at radius 3 is 2.56 bits per heavy atom. The SMILES string of the molecule is CN(CC1COc2ccccc2O1)C(=O)CN1CCC(C(=O)Nc2ccc3c(c2)OCO3)CC1. The average Bonchev–Trinajstić information content (AvgIpc) is 3.32. The normalized spacial score (nSPS) is 19.5. The lowest BCUT2D eigenvalue weighted by molar-refractivity contribution is -0.133. The summed E-state index contributed by atoms with van der Waals surface area (Å²) in [5, 5.41) is 2.97. The molecule has 0 aromatic heterocycles. The zero-order valence-corrected chi connectivity index (χ0v) is 19.2. The Labute approximate surface area is 198 Å². The predicted molar refractivity (Wildman–Crippen MR) is 124 cm³/mol. The van der Waals surface area contributed by atoms with Crippen LogP contribution in [0.5, 0.6) is 23.0 Å². The Hall–Kier alpha value is -3.46. The first-order valence-corrected chi connectivity index (χ1v) is 11.6.